The van der Waals surface area contributed by atoms with Gasteiger partial charge in [-0.1, -0.05) is 32.1 Å². The van der Waals surface area contributed by atoms with Crippen LogP contribution in [0.5, 0.6) is 0 Å². The second-order valence-corrected chi connectivity index (χ2v) is 5.62. The van der Waals surface area contributed by atoms with Gasteiger partial charge in [-0.15, -0.1) is 0 Å². The molecule has 1 aliphatic carbocycles. The Morgan fingerprint density at radius 3 is 2.59 bits per heavy atom. The summed E-state index contributed by atoms with van der Waals surface area (Å²) >= 11 is 0. The largest absolute Gasteiger partial charge is 0.458 e. The molecule has 1 rings (SSSR count). The van der Waals surface area contributed by atoms with Crippen molar-refractivity contribution in [3.05, 3.63) is 0 Å². The summed E-state index contributed by atoms with van der Waals surface area (Å²) in [6, 6.07) is 0. The highest BCUT2D eigenvalue weighted by Gasteiger charge is 2.20. The van der Waals surface area contributed by atoms with Crippen LogP contribution in [0.1, 0.15) is 59.3 Å². The van der Waals surface area contributed by atoms with Crippen LogP contribution < -0.4 is 0 Å². The Balaban J connectivity index is 2.22. The van der Waals surface area contributed by atoms with E-state index < -0.39 is 5.60 Å². The Labute approximate surface area is 105 Å². The molecule has 0 radical (unpaired) electrons. The summed E-state index contributed by atoms with van der Waals surface area (Å²) in [6.45, 7) is 5.78. The number of carbonyl (C=O) groups excluding carboxylic acids is 1. The SMILES string of the molecule is CC(=O)OC(C)(C)C/N=C/CC1CCCCC1. The van der Waals surface area contributed by atoms with Crippen LogP contribution in [0.3, 0.4) is 0 Å². The van der Waals surface area contributed by atoms with Crippen molar-refractivity contribution in [1.82, 2.24) is 0 Å². The van der Waals surface area contributed by atoms with E-state index in [0.29, 0.717) is 6.54 Å². The summed E-state index contributed by atoms with van der Waals surface area (Å²) in [5.74, 6) is 0.585. The highest BCUT2D eigenvalue weighted by Crippen LogP contribution is 2.25. The van der Waals surface area contributed by atoms with Crippen molar-refractivity contribution >= 4 is 12.2 Å². The fraction of sp³-hybridized carbons (Fsp3) is 0.857. The maximum Gasteiger partial charge on any atom is 0.303 e. The van der Waals surface area contributed by atoms with Gasteiger partial charge in [0.15, 0.2) is 0 Å². The second kappa shape index (κ2) is 6.77. The fourth-order valence-corrected chi connectivity index (χ4v) is 2.35. The third kappa shape index (κ3) is 6.44. The quantitative estimate of drug-likeness (QED) is 0.545. The van der Waals surface area contributed by atoms with Crippen molar-refractivity contribution in [2.24, 2.45) is 10.9 Å². The maximum atomic E-state index is 10.9. The normalized spacial score (nSPS) is 18.5. The Hall–Kier alpha value is -0.860. The molecule has 0 aliphatic heterocycles. The van der Waals surface area contributed by atoms with Crippen LogP contribution in [0.2, 0.25) is 0 Å². The van der Waals surface area contributed by atoms with E-state index in [1.54, 1.807) is 0 Å². The van der Waals surface area contributed by atoms with E-state index in [0.717, 1.165) is 12.3 Å². The summed E-state index contributed by atoms with van der Waals surface area (Å²) < 4.78 is 5.18. The molecule has 1 saturated carbocycles. The van der Waals surface area contributed by atoms with Gasteiger partial charge >= 0.3 is 5.97 Å². The molecule has 0 aromatic rings. The summed E-state index contributed by atoms with van der Waals surface area (Å²) in [4.78, 5) is 15.3. The van der Waals surface area contributed by atoms with Crippen LogP contribution in [-0.4, -0.2) is 24.3 Å². The molecule has 0 bridgehead atoms. The van der Waals surface area contributed by atoms with Gasteiger partial charge in [0.1, 0.15) is 5.60 Å². The van der Waals surface area contributed by atoms with E-state index in [1.165, 1.54) is 39.0 Å². The van der Waals surface area contributed by atoms with E-state index in [9.17, 15) is 4.79 Å². The minimum absolute atomic E-state index is 0.238. The molecule has 0 aromatic carbocycles. The van der Waals surface area contributed by atoms with Crippen molar-refractivity contribution in [2.75, 3.05) is 6.54 Å². The van der Waals surface area contributed by atoms with Crippen LogP contribution in [0.4, 0.5) is 0 Å². The Kier molecular flexibility index (Phi) is 5.66. The molecule has 3 nitrogen and oxygen atoms in total. The molecule has 0 heterocycles. The standard InChI is InChI=1S/C14H25NO2/c1-12(16)17-14(2,3)11-15-10-9-13-7-5-4-6-8-13/h10,13H,4-9,11H2,1-3H3/b15-10+. The first-order chi connectivity index (χ1) is 7.99. The van der Waals surface area contributed by atoms with Gasteiger partial charge in [0.05, 0.1) is 6.54 Å². The van der Waals surface area contributed by atoms with E-state index in [-0.39, 0.29) is 5.97 Å². The number of nitrogens with zero attached hydrogens (tertiary/aromatic N) is 1. The number of carbonyl (C=O) groups is 1. The van der Waals surface area contributed by atoms with Crippen molar-refractivity contribution in [2.45, 2.75) is 64.9 Å². The second-order valence-electron chi connectivity index (χ2n) is 5.62. The predicted molar refractivity (Wildman–Crippen MR) is 70.4 cm³/mol. The van der Waals surface area contributed by atoms with Crippen molar-refractivity contribution in [3.63, 3.8) is 0 Å². The number of rotatable bonds is 5. The van der Waals surface area contributed by atoms with Crippen LogP contribution in [0.25, 0.3) is 0 Å². The first kappa shape index (κ1) is 14.2. The van der Waals surface area contributed by atoms with Gasteiger partial charge in [-0.05, 0) is 32.4 Å². The molecule has 0 unspecified atom stereocenters. The third-order valence-corrected chi connectivity index (χ3v) is 3.18. The Morgan fingerprint density at radius 1 is 1.35 bits per heavy atom. The fourth-order valence-electron chi connectivity index (χ4n) is 2.35. The van der Waals surface area contributed by atoms with Crippen LogP contribution >= 0.6 is 0 Å². The molecule has 0 saturated heterocycles. The Bertz CT molecular complexity index is 265. The molecule has 0 amide bonds. The van der Waals surface area contributed by atoms with Gasteiger partial charge in [0, 0.05) is 6.92 Å². The summed E-state index contributed by atoms with van der Waals surface area (Å²) in [5.41, 5.74) is -0.477. The summed E-state index contributed by atoms with van der Waals surface area (Å²) in [7, 11) is 0. The highest BCUT2D eigenvalue weighted by molar-refractivity contribution is 5.66. The van der Waals surface area contributed by atoms with E-state index in [2.05, 4.69) is 4.99 Å². The lowest BCUT2D eigenvalue weighted by atomic mass is 9.87. The number of esters is 1. The predicted octanol–water partition coefficient (Wildman–Crippen LogP) is 3.37. The first-order valence-corrected chi connectivity index (χ1v) is 6.67. The molecule has 3 heteroatoms. The van der Waals surface area contributed by atoms with Crippen molar-refractivity contribution in [3.8, 4) is 0 Å². The molecule has 17 heavy (non-hydrogen) atoms. The van der Waals surface area contributed by atoms with Gasteiger partial charge in [-0.2, -0.15) is 0 Å². The summed E-state index contributed by atoms with van der Waals surface area (Å²) in [5, 5.41) is 0. The molecule has 0 atom stereocenters. The number of hydrogen-bond donors (Lipinski definition) is 0. The lowest BCUT2D eigenvalue weighted by molar-refractivity contribution is -0.152. The average Bonchev–Trinajstić information content (AvgIpc) is 2.24. The van der Waals surface area contributed by atoms with Crippen LogP contribution in [0.15, 0.2) is 4.99 Å². The minimum atomic E-state index is -0.477. The van der Waals surface area contributed by atoms with Gasteiger partial charge in [0.25, 0.3) is 0 Å². The average molecular weight is 239 g/mol. The topological polar surface area (TPSA) is 38.7 Å². The van der Waals surface area contributed by atoms with E-state index in [1.807, 2.05) is 20.1 Å². The van der Waals surface area contributed by atoms with Gasteiger partial charge in [-0.25, -0.2) is 0 Å². The molecule has 1 aliphatic rings. The van der Waals surface area contributed by atoms with Gasteiger partial charge in [-0.3, -0.25) is 9.79 Å². The minimum Gasteiger partial charge on any atom is -0.458 e. The molecule has 0 N–H and O–H groups in total. The molecule has 0 spiro atoms. The van der Waals surface area contributed by atoms with E-state index in [4.69, 9.17) is 4.74 Å². The lowest BCUT2D eigenvalue weighted by Gasteiger charge is -2.22. The third-order valence-electron chi connectivity index (χ3n) is 3.18. The number of ether oxygens (including phenoxy) is 1. The first-order valence-electron chi connectivity index (χ1n) is 6.67. The van der Waals surface area contributed by atoms with E-state index >= 15 is 0 Å². The maximum absolute atomic E-state index is 10.9. The van der Waals surface area contributed by atoms with Crippen LogP contribution in [0, 0.1) is 5.92 Å². The molecule has 98 valence electrons. The monoisotopic (exact) mass is 239 g/mol. The Morgan fingerprint density at radius 2 is 2.00 bits per heavy atom. The number of aliphatic imine (C=N–C) groups is 1. The molecular weight excluding hydrogens is 214 g/mol. The summed E-state index contributed by atoms with van der Waals surface area (Å²) in [6.07, 6.45) is 9.93. The highest BCUT2D eigenvalue weighted by atomic mass is 16.6. The molecule has 0 aromatic heterocycles. The zero-order chi connectivity index (χ0) is 12.7. The zero-order valence-electron chi connectivity index (χ0n) is 11.4. The van der Waals surface area contributed by atoms with Crippen LogP contribution in [-0.2, 0) is 9.53 Å². The zero-order valence-corrected chi connectivity index (χ0v) is 11.4. The molecule has 1 fully saturated rings. The smallest absolute Gasteiger partial charge is 0.303 e. The van der Waals surface area contributed by atoms with Gasteiger partial charge < -0.3 is 4.74 Å². The van der Waals surface area contributed by atoms with Gasteiger partial charge in [0.2, 0.25) is 0 Å². The van der Waals surface area contributed by atoms with Crippen molar-refractivity contribution in [1.29, 1.82) is 0 Å². The number of hydrogen-bond acceptors (Lipinski definition) is 3. The lowest BCUT2D eigenvalue weighted by Crippen LogP contribution is -2.30. The molecular formula is C14H25NO2. The van der Waals surface area contributed by atoms with Crippen molar-refractivity contribution < 1.29 is 9.53 Å².